The SMILES string of the molecule is CCOC(=O)C1CCCN(C(=O)C(=O)NCCCl)C1. The molecular formula is C12H19ClN2O4. The summed E-state index contributed by atoms with van der Waals surface area (Å²) in [6, 6.07) is 0. The average Bonchev–Trinajstić information content (AvgIpc) is 2.44. The first-order valence-corrected chi connectivity index (χ1v) is 6.93. The second kappa shape index (κ2) is 7.99. The van der Waals surface area contributed by atoms with E-state index in [-0.39, 0.29) is 30.9 Å². The van der Waals surface area contributed by atoms with Gasteiger partial charge in [-0.1, -0.05) is 0 Å². The van der Waals surface area contributed by atoms with Crippen LogP contribution in [0.3, 0.4) is 0 Å². The van der Waals surface area contributed by atoms with Crippen LogP contribution in [0, 0.1) is 5.92 Å². The van der Waals surface area contributed by atoms with E-state index in [0.29, 0.717) is 26.0 Å². The zero-order valence-corrected chi connectivity index (χ0v) is 11.7. The fourth-order valence-electron chi connectivity index (χ4n) is 1.99. The van der Waals surface area contributed by atoms with Crippen LogP contribution in [0.4, 0.5) is 0 Å². The second-order valence-corrected chi connectivity index (χ2v) is 4.67. The minimum atomic E-state index is -0.676. The lowest BCUT2D eigenvalue weighted by Gasteiger charge is -2.30. The quantitative estimate of drug-likeness (QED) is 0.454. The molecular weight excluding hydrogens is 272 g/mol. The molecule has 0 radical (unpaired) electrons. The molecule has 0 aromatic rings. The number of rotatable bonds is 4. The Morgan fingerprint density at radius 2 is 2.16 bits per heavy atom. The van der Waals surface area contributed by atoms with Gasteiger partial charge in [0, 0.05) is 25.5 Å². The van der Waals surface area contributed by atoms with Gasteiger partial charge in [0.25, 0.3) is 0 Å². The number of likely N-dealkylation sites (tertiary alicyclic amines) is 1. The fourth-order valence-corrected chi connectivity index (χ4v) is 2.09. The Kier molecular flexibility index (Phi) is 6.62. The zero-order valence-electron chi connectivity index (χ0n) is 11.0. The van der Waals surface area contributed by atoms with Gasteiger partial charge in [0.1, 0.15) is 0 Å². The first-order valence-electron chi connectivity index (χ1n) is 6.39. The molecule has 2 amide bonds. The van der Waals surface area contributed by atoms with E-state index in [9.17, 15) is 14.4 Å². The van der Waals surface area contributed by atoms with Gasteiger partial charge >= 0.3 is 17.8 Å². The lowest BCUT2D eigenvalue weighted by atomic mass is 9.98. The molecule has 1 atom stereocenters. The third kappa shape index (κ3) is 4.70. The van der Waals surface area contributed by atoms with Crippen molar-refractivity contribution in [1.82, 2.24) is 10.2 Å². The van der Waals surface area contributed by atoms with Crippen LogP contribution >= 0.6 is 11.6 Å². The highest BCUT2D eigenvalue weighted by Crippen LogP contribution is 2.18. The Bertz CT molecular complexity index is 349. The summed E-state index contributed by atoms with van der Waals surface area (Å²) in [5, 5.41) is 2.42. The van der Waals surface area contributed by atoms with Gasteiger partial charge in [-0.05, 0) is 19.8 Å². The van der Waals surface area contributed by atoms with Gasteiger partial charge in [0.15, 0.2) is 0 Å². The molecule has 1 saturated heterocycles. The second-order valence-electron chi connectivity index (χ2n) is 4.29. The molecule has 0 aromatic heterocycles. The molecule has 1 heterocycles. The van der Waals surface area contributed by atoms with Crippen LogP contribution in [0.1, 0.15) is 19.8 Å². The lowest BCUT2D eigenvalue weighted by molar-refractivity contribution is -0.153. The predicted molar refractivity (Wildman–Crippen MR) is 69.7 cm³/mol. The number of nitrogens with one attached hydrogen (secondary N) is 1. The van der Waals surface area contributed by atoms with Crippen LogP contribution in [0.25, 0.3) is 0 Å². The molecule has 1 fully saturated rings. The number of piperidine rings is 1. The molecule has 0 aromatic carbocycles. The summed E-state index contributed by atoms with van der Waals surface area (Å²) >= 11 is 5.43. The van der Waals surface area contributed by atoms with E-state index in [1.54, 1.807) is 6.92 Å². The van der Waals surface area contributed by atoms with Gasteiger partial charge in [-0.15, -0.1) is 11.6 Å². The third-order valence-electron chi connectivity index (χ3n) is 2.90. The number of ether oxygens (including phenoxy) is 1. The fraction of sp³-hybridized carbons (Fsp3) is 0.750. The number of alkyl halides is 1. The van der Waals surface area contributed by atoms with Crippen LogP contribution in [0.5, 0.6) is 0 Å². The summed E-state index contributed by atoms with van der Waals surface area (Å²) in [7, 11) is 0. The molecule has 19 heavy (non-hydrogen) atoms. The minimum Gasteiger partial charge on any atom is -0.466 e. The van der Waals surface area contributed by atoms with Gasteiger partial charge < -0.3 is 15.0 Å². The zero-order chi connectivity index (χ0) is 14.3. The van der Waals surface area contributed by atoms with Gasteiger partial charge in [-0.2, -0.15) is 0 Å². The van der Waals surface area contributed by atoms with E-state index in [4.69, 9.17) is 16.3 Å². The van der Waals surface area contributed by atoms with Crippen molar-refractivity contribution in [2.75, 3.05) is 32.1 Å². The molecule has 1 rings (SSSR count). The number of carbonyl (C=O) groups excluding carboxylic acids is 3. The summed E-state index contributed by atoms with van der Waals surface area (Å²) in [5.41, 5.74) is 0. The largest absolute Gasteiger partial charge is 0.466 e. The van der Waals surface area contributed by atoms with Gasteiger partial charge in [-0.3, -0.25) is 14.4 Å². The van der Waals surface area contributed by atoms with Crippen LogP contribution in [-0.4, -0.2) is 54.8 Å². The molecule has 1 unspecified atom stereocenters. The van der Waals surface area contributed by atoms with Gasteiger partial charge in [0.2, 0.25) is 0 Å². The smallest absolute Gasteiger partial charge is 0.311 e. The first-order chi connectivity index (χ1) is 9.10. The van der Waals surface area contributed by atoms with E-state index in [1.807, 2.05) is 0 Å². The van der Waals surface area contributed by atoms with Crippen LogP contribution < -0.4 is 5.32 Å². The third-order valence-corrected chi connectivity index (χ3v) is 3.09. The van der Waals surface area contributed by atoms with Crippen LogP contribution in [0.2, 0.25) is 0 Å². The number of nitrogens with zero attached hydrogens (tertiary/aromatic N) is 1. The topological polar surface area (TPSA) is 75.7 Å². The molecule has 1 aliphatic heterocycles. The van der Waals surface area contributed by atoms with E-state index < -0.39 is 11.8 Å². The van der Waals surface area contributed by atoms with Crippen molar-refractivity contribution in [3.63, 3.8) is 0 Å². The maximum Gasteiger partial charge on any atom is 0.311 e. The van der Waals surface area contributed by atoms with Crippen molar-refractivity contribution >= 4 is 29.4 Å². The lowest BCUT2D eigenvalue weighted by Crippen LogP contribution is -2.49. The average molecular weight is 291 g/mol. The number of esters is 1. The first kappa shape index (κ1) is 15.8. The number of halogens is 1. The highest BCUT2D eigenvalue weighted by atomic mass is 35.5. The van der Waals surface area contributed by atoms with E-state index in [1.165, 1.54) is 4.90 Å². The van der Waals surface area contributed by atoms with Crippen molar-refractivity contribution < 1.29 is 19.1 Å². The van der Waals surface area contributed by atoms with Gasteiger partial charge in [-0.25, -0.2) is 0 Å². The molecule has 1 N–H and O–H groups in total. The maximum atomic E-state index is 11.8. The highest BCUT2D eigenvalue weighted by molar-refractivity contribution is 6.35. The monoisotopic (exact) mass is 290 g/mol. The van der Waals surface area contributed by atoms with Crippen molar-refractivity contribution in [1.29, 1.82) is 0 Å². The highest BCUT2D eigenvalue weighted by Gasteiger charge is 2.31. The van der Waals surface area contributed by atoms with Crippen molar-refractivity contribution in [2.24, 2.45) is 5.92 Å². The molecule has 1 aliphatic rings. The Morgan fingerprint density at radius 3 is 2.79 bits per heavy atom. The predicted octanol–water partition coefficient (Wildman–Crippen LogP) is 0.143. The molecule has 0 bridgehead atoms. The maximum absolute atomic E-state index is 11.8. The van der Waals surface area contributed by atoms with Gasteiger partial charge in [0.05, 0.1) is 12.5 Å². The van der Waals surface area contributed by atoms with E-state index in [0.717, 1.165) is 0 Å². The molecule has 7 heteroatoms. The van der Waals surface area contributed by atoms with Crippen LogP contribution in [-0.2, 0) is 19.1 Å². The molecule has 108 valence electrons. The Morgan fingerprint density at radius 1 is 1.42 bits per heavy atom. The van der Waals surface area contributed by atoms with Crippen molar-refractivity contribution in [3.8, 4) is 0 Å². The van der Waals surface area contributed by atoms with E-state index >= 15 is 0 Å². The number of hydrogen-bond donors (Lipinski definition) is 1. The summed E-state index contributed by atoms with van der Waals surface area (Å²) in [4.78, 5) is 36.4. The summed E-state index contributed by atoms with van der Waals surface area (Å²) < 4.78 is 4.94. The molecule has 0 saturated carbocycles. The van der Waals surface area contributed by atoms with E-state index in [2.05, 4.69) is 5.32 Å². The Labute approximate surface area is 117 Å². The number of amides is 2. The van der Waals surface area contributed by atoms with Crippen LogP contribution in [0.15, 0.2) is 0 Å². The Hall–Kier alpha value is -1.30. The van der Waals surface area contributed by atoms with Crippen molar-refractivity contribution in [3.05, 3.63) is 0 Å². The minimum absolute atomic E-state index is 0.242. The number of hydrogen-bond acceptors (Lipinski definition) is 4. The normalized spacial score (nSPS) is 18.8. The Balaban J connectivity index is 2.51. The summed E-state index contributed by atoms with van der Waals surface area (Å²) in [6.07, 6.45) is 1.38. The molecule has 0 spiro atoms. The number of carbonyl (C=O) groups is 3. The standard InChI is InChI=1S/C12H19ClN2O4/c1-2-19-12(18)9-4-3-7-15(8-9)11(17)10(16)14-6-5-13/h9H,2-8H2,1H3,(H,14,16). The summed E-state index contributed by atoms with van der Waals surface area (Å²) in [6.45, 7) is 3.04. The molecule has 0 aliphatic carbocycles. The summed E-state index contributed by atoms with van der Waals surface area (Å²) in [5.74, 6) is -1.67. The van der Waals surface area contributed by atoms with Crippen molar-refractivity contribution in [2.45, 2.75) is 19.8 Å². The molecule has 6 nitrogen and oxygen atoms in total.